The van der Waals surface area contributed by atoms with Gasteiger partial charge >= 0.3 is 0 Å². The fraction of sp³-hybridized carbons (Fsp3) is 0.278. The lowest BCUT2D eigenvalue weighted by molar-refractivity contribution is -0.113. The number of thioether (sulfide) groups is 1. The molecule has 0 radical (unpaired) electrons. The second-order valence-corrected chi connectivity index (χ2v) is 8.23. The van der Waals surface area contributed by atoms with E-state index >= 15 is 0 Å². The zero-order valence-corrected chi connectivity index (χ0v) is 15.8. The van der Waals surface area contributed by atoms with Crippen LogP contribution in [-0.2, 0) is 17.6 Å². The monoisotopic (exact) mass is 389 g/mol. The number of hydrogen-bond donors (Lipinski definition) is 1. The predicted octanol–water partition coefficient (Wildman–Crippen LogP) is 4.95. The molecule has 1 aromatic carbocycles. The number of rotatable bonds is 4. The van der Waals surface area contributed by atoms with Crippen molar-refractivity contribution < 1.29 is 4.79 Å². The highest BCUT2D eigenvalue weighted by Gasteiger charge is 2.19. The minimum Gasteiger partial charge on any atom is -0.301 e. The van der Waals surface area contributed by atoms with Crippen molar-refractivity contribution in [1.29, 1.82) is 0 Å². The molecule has 0 fully saturated rings. The standard InChI is InChI=1S/C18H16ClN3OS2/c19-11-5-6-13-15(9-11)21-14-4-2-1-3-12(14)17(13)25-10-16(23)22-18-20-7-8-24-18/h5-9H,1-4,10H2,(H,20,22,23). The number of anilines is 1. The maximum absolute atomic E-state index is 12.2. The van der Waals surface area contributed by atoms with E-state index in [1.54, 1.807) is 18.0 Å². The van der Waals surface area contributed by atoms with Gasteiger partial charge in [0, 0.05) is 32.6 Å². The quantitative estimate of drug-likeness (QED) is 0.641. The fourth-order valence-electron chi connectivity index (χ4n) is 3.10. The molecule has 0 bridgehead atoms. The summed E-state index contributed by atoms with van der Waals surface area (Å²) in [5.74, 6) is 0.316. The zero-order valence-electron chi connectivity index (χ0n) is 13.4. The molecule has 1 aliphatic carbocycles. The molecule has 4 nitrogen and oxygen atoms in total. The van der Waals surface area contributed by atoms with Gasteiger partial charge in [-0.1, -0.05) is 17.7 Å². The summed E-state index contributed by atoms with van der Waals surface area (Å²) in [6.07, 6.45) is 6.05. The summed E-state index contributed by atoms with van der Waals surface area (Å²) in [6, 6.07) is 5.81. The van der Waals surface area contributed by atoms with Crippen LogP contribution in [0.4, 0.5) is 5.13 Å². The Kier molecular flexibility index (Phi) is 4.92. The summed E-state index contributed by atoms with van der Waals surface area (Å²) in [4.78, 5) is 22.3. The molecule has 1 amide bonds. The number of fused-ring (bicyclic) bond motifs is 2. The van der Waals surface area contributed by atoms with E-state index in [0.717, 1.165) is 29.4 Å². The van der Waals surface area contributed by atoms with E-state index in [1.165, 1.54) is 34.6 Å². The molecule has 0 saturated heterocycles. The minimum atomic E-state index is -0.0385. The van der Waals surface area contributed by atoms with Crippen molar-refractivity contribution in [2.24, 2.45) is 0 Å². The van der Waals surface area contributed by atoms with Crippen LogP contribution < -0.4 is 5.32 Å². The Morgan fingerprint density at radius 2 is 2.20 bits per heavy atom. The number of pyridine rings is 1. The molecule has 1 aliphatic rings. The van der Waals surface area contributed by atoms with Crippen LogP contribution in [0.1, 0.15) is 24.1 Å². The van der Waals surface area contributed by atoms with Crippen LogP contribution in [-0.4, -0.2) is 21.6 Å². The number of aromatic nitrogens is 2. The molecule has 3 aromatic rings. The highest BCUT2D eigenvalue weighted by molar-refractivity contribution is 8.00. The molecule has 25 heavy (non-hydrogen) atoms. The van der Waals surface area contributed by atoms with Gasteiger partial charge in [-0.05, 0) is 43.4 Å². The largest absolute Gasteiger partial charge is 0.301 e. The van der Waals surface area contributed by atoms with E-state index in [9.17, 15) is 4.79 Å². The Morgan fingerprint density at radius 1 is 1.32 bits per heavy atom. The zero-order chi connectivity index (χ0) is 17.2. The Morgan fingerprint density at radius 3 is 3.04 bits per heavy atom. The third-order valence-corrected chi connectivity index (χ3v) is 6.28. The average molecular weight is 390 g/mol. The van der Waals surface area contributed by atoms with Gasteiger partial charge in [-0.2, -0.15) is 0 Å². The molecule has 128 valence electrons. The molecule has 0 spiro atoms. The van der Waals surface area contributed by atoms with Crippen LogP contribution in [0.25, 0.3) is 10.9 Å². The first-order chi connectivity index (χ1) is 12.2. The van der Waals surface area contributed by atoms with Crippen LogP contribution in [0.3, 0.4) is 0 Å². The van der Waals surface area contributed by atoms with Gasteiger partial charge in [-0.25, -0.2) is 4.98 Å². The van der Waals surface area contributed by atoms with E-state index < -0.39 is 0 Å². The van der Waals surface area contributed by atoms with Crippen LogP contribution in [0, 0.1) is 0 Å². The molecule has 4 rings (SSSR count). The van der Waals surface area contributed by atoms with Crippen LogP contribution in [0.5, 0.6) is 0 Å². The van der Waals surface area contributed by atoms with E-state index in [4.69, 9.17) is 16.6 Å². The normalized spacial score (nSPS) is 13.6. The Balaban J connectivity index is 1.64. The van der Waals surface area contributed by atoms with Gasteiger partial charge in [0.05, 0.1) is 11.3 Å². The van der Waals surface area contributed by atoms with E-state index in [-0.39, 0.29) is 5.91 Å². The highest BCUT2D eigenvalue weighted by Crippen LogP contribution is 2.36. The average Bonchev–Trinajstić information content (AvgIpc) is 3.11. The molecule has 2 aromatic heterocycles. The summed E-state index contributed by atoms with van der Waals surface area (Å²) < 4.78 is 0. The lowest BCUT2D eigenvalue weighted by Gasteiger charge is -2.20. The molecule has 0 aliphatic heterocycles. The number of thiazole rings is 1. The number of nitrogens with zero attached hydrogens (tertiary/aromatic N) is 2. The minimum absolute atomic E-state index is 0.0385. The molecule has 2 heterocycles. The van der Waals surface area contributed by atoms with Gasteiger partial charge in [0.15, 0.2) is 5.13 Å². The number of halogens is 1. The van der Waals surface area contributed by atoms with Crippen LogP contribution >= 0.6 is 34.7 Å². The first-order valence-electron chi connectivity index (χ1n) is 8.14. The first kappa shape index (κ1) is 16.8. The van der Waals surface area contributed by atoms with Crippen molar-refractivity contribution in [2.75, 3.05) is 11.1 Å². The second-order valence-electron chi connectivity index (χ2n) is 5.91. The van der Waals surface area contributed by atoms with Gasteiger partial charge in [-0.3, -0.25) is 9.78 Å². The summed E-state index contributed by atoms with van der Waals surface area (Å²) in [7, 11) is 0. The van der Waals surface area contributed by atoms with Crippen molar-refractivity contribution in [2.45, 2.75) is 30.6 Å². The maximum atomic E-state index is 12.2. The summed E-state index contributed by atoms with van der Waals surface area (Å²) in [5, 5.41) is 7.09. The number of nitrogens with one attached hydrogen (secondary N) is 1. The second kappa shape index (κ2) is 7.32. The summed E-state index contributed by atoms with van der Waals surface area (Å²) >= 11 is 9.15. The molecule has 0 unspecified atom stereocenters. The van der Waals surface area contributed by atoms with Gasteiger partial charge in [0.25, 0.3) is 0 Å². The third kappa shape index (κ3) is 3.66. The molecule has 1 N–H and O–H groups in total. The summed E-state index contributed by atoms with van der Waals surface area (Å²) in [5.41, 5.74) is 3.37. The summed E-state index contributed by atoms with van der Waals surface area (Å²) in [6.45, 7) is 0. The number of aryl methyl sites for hydroxylation is 1. The Labute approximate surface area is 159 Å². The lowest BCUT2D eigenvalue weighted by atomic mass is 9.94. The molecular weight excluding hydrogens is 374 g/mol. The van der Waals surface area contributed by atoms with E-state index in [0.29, 0.717) is 15.9 Å². The topological polar surface area (TPSA) is 54.9 Å². The number of hydrogen-bond acceptors (Lipinski definition) is 5. The maximum Gasteiger partial charge on any atom is 0.236 e. The number of benzene rings is 1. The SMILES string of the molecule is O=C(CSc1c2c(nc3cc(Cl)ccc13)CCCC2)Nc1nccs1. The van der Waals surface area contributed by atoms with Crippen LogP contribution in [0.2, 0.25) is 5.02 Å². The van der Waals surface area contributed by atoms with Gasteiger partial charge in [0.2, 0.25) is 5.91 Å². The van der Waals surface area contributed by atoms with Crippen LogP contribution in [0.15, 0.2) is 34.7 Å². The molecule has 7 heteroatoms. The van der Waals surface area contributed by atoms with Gasteiger partial charge in [0.1, 0.15) is 0 Å². The Hall–Kier alpha value is -1.63. The third-order valence-electron chi connectivity index (χ3n) is 4.20. The highest BCUT2D eigenvalue weighted by atomic mass is 35.5. The fourth-order valence-corrected chi connectivity index (χ4v) is 4.88. The first-order valence-corrected chi connectivity index (χ1v) is 10.4. The van der Waals surface area contributed by atoms with Gasteiger partial charge in [-0.15, -0.1) is 23.1 Å². The molecular formula is C18H16ClN3OS2. The van der Waals surface area contributed by atoms with Crippen molar-refractivity contribution in [3.05, 3.63) is 46.1 Å². The van der Waals surface area contributed by atoms with Crippen molar-refractivity contribution >= 4 is 56.6 Å². The van der Waals surface area contributed by atoms with Crippen molar-refractivity contribution in [3.63, 3.8) is 0 Å². The molecule has 0 saturated carbocycles. The Bertz CT molecular complexity index is 928. The van der Waals surface area contributed by atoms with E-state index in [2.05, 4.69) is 10.3 Å². The molecule has 0 atom stereocenters. The van der Waals surface area contributed by atoms with Crippen molar-refractivity contribution in [1.82, 2.24) is 9.97 Å². The van der Waals surface area contributed by atoms with Gasteiger partial charge < -0.3 is 5.32 Å². The smallest absolute Gasteiger partial charge is 0.236 e. The number of carbonyl (C=O) groups is 1. The predicted molar refractivity (Wildman–Crippen MR) is 105 cm³/mol. The van der Waals surface area contributed by atoms with Crippen molar-refractivity contribution in [3.8, 4) is 0 Å². The van der Waals surface area contributed by atoms with E-state index in [1.807, 2.05) is 23.6 Å². The lowest BCUT2D eigenvalue weighted by Crippen LogP contribution is -2.14. The number of amides is 1. The number of carbonyl (C=O) groups excluding carboxylic acids is 1.